The minimum atomic E-state index is 0.338. The van der Waals surface area contributed by atoms with Crippen LogP contribution in [0.25, 0.3) is 0 Å². The lowest BCUT2D eigenvalue weighted by Crippen LogP contribution is -2.33. The third-order valence-electron chi connectivity index (χ3n) is 4.69. The zero-order valence-electron chi connectivity index (χ0n) is 15.0. The van der Waals surface area contributed by atoms with Crippen LogP contribution in [0.2, 0.25) is 0 Å². The highest BCUT2D eigenvalue weighted by Crippen LogP contribution is 2.31. The molecule has 3 aromatic rings. The van der Waals surface area contributed by atoms with Gasteiger partial charge in [-0.1, -0.05) is 59.8 Å². The van der Waals surface area contributed by atoms with Gasteiger partial charge in [0, 0.05) is 6.04 Å². The van der Waals surface area contributed by atoms with E-state index in [9.17, 15) is 0 Å². The maximum absolute atomic E-state index is 5.90. The fourth-order valence-corrected chi connectivity index (χ4v) is 4.00. The van der Waals surface area contributed by atoms with Crippen LogP contribution in [0.1, 0.15) is 29.9 Å². The van der Waals surface area contributed by atoms with Gasteiger partial charge in [0.1, 0.15) is 12.4 Å². The van der Waals surface area contributed by atoms with E-state index in [-0.39, 0.29) is 0 Å². The Hall–Kier alpha value is -2.31. The van der Waals surface area contributed by atoms with Gasteiger partial charge in [0.2, 0.25) is 0 Å². The van der Waals surface area contributed by atoms with Crippen molar-refractivity contribution < 1.29 is 4.74 Å². The molecule has 2 aromatic carbocycles. The predicted molar refractivity (Wildman–Crippen MR) is 103 cm³/mol. The summed E-state index contributed by atoms with van der Waals surface area (Å²) in [6.07, 6.45) is 0. The van der Waals surface area contributed by atoms with Gasteiger partial charge in [-0.3, -0.25) is 9.47 Å². The van der Waals surface area contributed by atoms with Crippen LogP contribution in [0, 0.1) is 6.92 Å². The number of aromatic nitrogens is 3. The summed E-state index contributed by atoms with van der Waals surface area (Å²) in [5, 5.41) is 9.62. The van der Waals surface area contributed by atoms with Crippen molar-refractivity contribution in [1.29, 1.82) is 0 Å². The van der Waals surface area contributed by atoms with Crippen LogP contribution >= 0.6 is 11.8 Å². The van der Waals surface area contributed by atoms with E-state index in [1.54, 1.807) is 11.8 Å². The summed E-state index contributed by atoms with van der Waals surface area (Å²) < 4.78 is 8.06. The molecule has 1 atom stereocenters. The van der Waals surface area contributed by atoms with Crippen LogP contribution in [0.4, 0.5) is 0 Å². The monoisotopic (exact) mass is 366 g/mol. The summed E-state index contributed by atoms with van der Waals surface area (Å²) in [4.78, 5) is 2.42. The van der Waals surface area contributed by atoms with E-state index in [1.165, 1.54) is 11.1 Å². The van der Waals surface area contributed by atoms with Crippen LogP contribution in [0.15, 0.2) is 59.8 Å². The molecule has 0 bridgehead atoms. The van der Waals surface area contributed by atoms with E-state index in [4.69, 9.17) is 4.74 Å². The Kier molecular flexibility index (Phi) is 4.95. The highest BCUT2D eigenvalue weighted by Gasteiger charge is 2.25. The first-order valence-corrected chi connectivity index (χ1v) is 9.72. The van der Waals surface area contributed by atoms with Gasteiger partial charge in [-0.2, -0.15) is 0 Å². The van der Waals surface area contributed by atoms with Crippen LogP contribution < -0.4 is 4.74 Å². The van der Waals surface area contributed by atoms with Crippen molar-refractivity contribution in [2.24, 2.45) is 0 Å². The Labute approximate surface area is 158 Å². The zero-order valence-corrected chi connectivity index (χ0v) is 15.8. The summed E-state index contributed by atoms with van der Waals surface area (Å²) in [6, 6.07) is 19.0. The van der Waals surface area contributed by atoms with E-state index >= 15 is 0 Å². The van der Waals surface area contributed by atoms with Gasteiger partial charge in [-0.25, -0.2) is 0 Å². The highest BCUT2D eigenvalue weighted by molar-refractivity contribution is 7.99. The standard InChI is InChI=1S/C20H22N4OS/c1-15-8-10-18(11-9-15)25-12-19-21-22-20-24(19)13-23(14-26-20)16(2)17-6-4-3-5-7-17/h3-11,16H,12-14H2,1-2H3/t16-/m0/s1. The Balaban J connectivity index is 1.46. The topological polar surface area (TPSA) is 43.2 Å². The number of hydrogen-bond acceptors (Lipinski definition) is 5. The molecule has 0 aliphatic carbocycles. The van der Waals surface area contributed by atoms with Crippen molar-refractivity contribution in [3.63, 3.8) is 0 Å². The molecule has 0 radical (unpaired) electrons. The lowest BCUT2D eigenvalue weighted by Gasteiger charge is -2.33. The maximum atomic E-state index is 5.90. The molecule has 5 nitrogen and oxygen atoms in total. The second kappa shape index (κ2) is 7.51. The predicted octanol–water partition coefficient (Wildman–Crippen LogP) is 4.25. The van der Waals surface area contributed by atoms with Gasteiger partial charge in [-0.15, -0.1) is 10.2 Å². The largest absolute Gasteiger partial charge is 0.486 e. The molecule has 2 heterocycles. The molecule has 26 heavy (non-hydrogen) atoms. The molecule has 6 heteroatoms. The van der Waals surface area contributed by atoms with Gasteiger partial charge in [0.15, 0.2) is 11.0 Å². The number of rotatable bonds is 5. The molecule has 0 unspecified atom stereocenters. The SMILES string of the molecule is Cc1ccc(OCc2nnc3n2CN([C@@H](C)c2ccccc2)CS3)cc1. The molecular formula is C20H22N4OS. The molecule has 1 aliphatic heterocycles. The molecule has 0 fully saturated rings. The molecule has 4 rings (SSSR count). The molecular weight excluding hydrogens is 344 g/mol. The Morgan fingerprint density at radius 1 is 1.08 bits per heavy atom. The molecule has 0 N–H and O–H groups in total. The summed E-state index contributed by atoms with van der Waals surface area (Å²) in [6.45, 7) is 5.51. The minimum absolute atomic E-state index is 0.338. The lowest BCUT2D eigenvalue weighted by molar-refractivity contribution is 0.172. The van der Waals surface area contributed by atoms with Gasteiger partial charge < -0.3 is 4.74 Å². The van der Waals surface area contributed by atoms with Crippen molar-refractivity contribution >= 4 is 11.8 Å². The molecule has 1 aliphatic rings. The van der Waals surface area contributed by atoms with Crippen LogP contribution in [0.3, 0.4) is 0 Å². The first-order chi connectivity index (χ1) is 12.7. The molecule has 0 saturated heterocycles. The quantitative estimate of drug-likeness (QED) is 0.675. The Bertz CT molecular complexity index is 863. The van der Waals surface area contributed by atoms with Crippen molar-refractivity contribution in [1.82, 2.24) is 19.7 Å². The normalized spacial score (nSPS) is 15.5. The van der Waals surface area contributed by atoms with E-state index in [0.29, 0.717) is 12.6 Å². The first kappa shape index (κ1) is 17.1. The number of ether oxygens (including phenoxy) is 1. The molecule has 1 aromatic heterocycles. The Morgan fingerprint density at radius 2 is 1.85 bits per heavy atom. The van der Waals surface area contributed by atoms with Gasteiger partial charge >= 0.3 is 0 Å². The fourth-order valence-electron chi connectivity index (χ4n) is 3.00. The van der Waals surface area contributed by atoms with Crippen molar-refractivity contribution in [2.75, 3.05) is 5.88 Å². The second-order valence-corrected chi connectivity index (χ2v) is 7.43. The number of fused-ring (bicyclic) bond motifs is 1. The van der Waals surface area contributed by atoms with Gasteiger partial charge in [0.25, 0.3) is 0 Å². The fraction of sp³-hybridized carbons (Fsp3) is 0.300. The zero-order chi connectivity index (χ0) is 17.9. The summed E-state index contributed by atoms with van der Waals surface area (Å²) in [5.41, 5.74) is 2.54. The minimum Gasteiger partial charge on any atom is -0.486 e. The van der Waals surface area contributed by atoms with E-state index < -0.39 is 0 Å². The van der Waals surface area contributed by atoms with Crippen LogP contribution in [-0.2, 0) is 13.3 Å². The number of thioether (sulfide) groups is 1. The molecule has 0 saturated carbocycles. The summed E-state index contributed by atoms with van der Waals surface area (Å²) in [7, 11) is 0. The maximum Gasteiger partial charge on any atom is 0.193 e. The smallest absolute Gasteiger partial charge is 0.193 e. The summed E-state index contributed by atoms with van der Waals surface area (Å²) in [5.74, 6) is 2.62. The van der Waals surface area contributed by atoms with E-state index in [0.717, 1.165) is 29.3 Å². The number of aryl methyl sites for hydroxylation is 1. The van der Waals surface area contributed by atoms with E-state index in [1.807, 2.05) is 24.3 Å². The third kappa shape index (κ3) is 3.61. The molecule has 134 valence electrons. The first-order valence-electron chi connectivity index (χ1n) is 8.74. The van der Waals surface area contributed by atoms with Gasteiger partial charge in [-0.05, 0) is 31.5 Å². The van der Waals surface area contributed by atoms with E-state index in [2.05, 4.69) is 63.8 Å². The molecule has 0 amide bonds. The third-order valence-corrected chi connectivity index (χ3v) is 5.72. The number of hydrogen-bond donors (Lipinski definition) is 0. The lowest BCUT2D eigenvalue weighted by atomic mass is 10.1. The summed E-state index contributed by atoms with van der Waals surface area (Å²) >= 11 is 1.72. The Morgan fingerprint density at radius 3 is 2.62 bits per heavy atom. The average molecular weight is 366 g/mol. The average Bonchev–Trinajstić information content (AvgIpc) is 3.10. The van der Waals surface area contributed by atoms with Crippen molar-refractivity contribution in [2.45, 2.75) is 38.3 Å². The highest BCUT2D eigenvalue weighted by atomic mass is 32.2. The number of benzene rings is 2. The number of nitrogens with zero attached hydrogens (tertiary/aromatic N) is 4. The second-order valence-electron chi connectivity index (χ2n) is 6.52. The van der Waals surface area contributed by atoms with Crippen LogP contribution in [0.5, 0.6) is 5.75 Å². The van der Waals surface area contributed by atoms with Crippen molar-refractivity contribution in [3.8, 4) is 5.75 Å². The van der Waals surface area contributed by atoms with Crippen LogP contribution in [-0.4, -0.2) is 25.5 Å². The van der Waals surface area contributed by atoms with Crippen molar-refractivity contribution in [3.05, 3.63) is 71.5 Å². The molecule has 0 spiro atoms. The van der Waals surface area contributed by atoms with Gasteiger partial charge in [0.05, 0.1) is 12.5 Å².